The van der Waals surface area contributed by atoms with Crippen molar-refractivity contribution in [3.05, 3.63) is 76.0 Å². The van der Waals surface area contributed by atoms with Crippen molar-refractivity contribution in [2.75, 3.05) is 7.11 Å². The molecule has 0 unspecified atom stereocenters. The molecule has 0 amide bonds. The van der Waals surface area contributed by atoms with E-state index >= 15 is 0 Å². The fraction of sp³-hybridized carbons (Fsp3) is 0.0500. The van der Waals surface area contributed by atoms with E-state index in [0.717, 1.165) is 26.6 Å². The molecule has 4 aromatic rings. The lowest BCUT2D eigenvalue weighted by Crippen LogP contribution is -2.11. The van der Waals surface area contributed by atoms with Gasteiger partial charge in [0, 0.05) is 11.6 Å². The molecule has 28 heavy (non-hydrogen) atoms. The largest absolute Gasteiger partial charge is 0.504 e. The molecule has 140 valence electrons. The van der Waals surface area contributed by atoms with Gasteiger partial charge in [0.05, 0.1) is 35.8 Å². The van der Waals surface area contributed by atoms with Gasteiger partial charge in [0.15, 0.2) is 11.5 Å². The summed E-state index contributed by atoms with van der Waals surface area (Å²) in [6.07, 6.45) is 5.15. The van der Waals surface area contributed by atoms with Gasteiger partial charge in [-0.25, -0.2) is 9.67 Å². The Kier molecular flexibility index (Phi) is 5.31. The van der Waals surface area contributed by atoms with E-state index in [1.54, 1.807) is 48.1 Å². The molecule has 3 aromatic heterocycles. The zero-order valence-corrected chi connectivity index (χ0v) is 16.5. The van der Waals surface area contributed by atoms with Crippen LogP contribution in [-0.2, 0) is 0 Å². The van der Waals surface area contributed by atoms with Gasteiger partial charge in [0.1, 0.15) is 0 Å². The number of methoxy groups -OCH3 is 1. The quantitative estimate of drug-likeness (QED) is 0.494. The maximum atomic E-state index is 9.77. The Hall–Kier alpha value is -3.23. The fourth-order valence-corrected chi connectivity index (χ4v) is 4.16. The number of phenolic OH excluding ortho intramolecular Hbond substituents is 1. The lowest BCUT2D eigenvalue weighted by Gasteiger charge is -2.04. The molecule has 8 heteroatoms. The van der Waals surface area contributed by atoms with Gasteiger partial charge in [-0.2, -0.15) is 5.10 Å². The molecule has 0 spiro atoms. The monoisotopic (exact) mass is 408 g/mol. The smallest absolute Gasteiger partial charge is 0.211 e. The highest BCUT2D eigenvalue weighted by Crippen LogP contribution is 2.27. The molecule has 4 rings (SSSR count). The molecule has 3 heterocycles. The summed E-state index contributed by atoms with van der Waals surface area (Å²) < 4.78 is 6.98. The number of rotatable bonds is 5. The van der Waals surface area contributed by atoms with Crippen LogP contribution in [0.25, 0.3) is 10.6 Å². The third-order valence-electron chi connectivity index (χ3n) is 3.86. The number of hydrogen-bond acceptors (Lipinski definition) is 7. The van der Waals surface area contributed by atoms with Crippen molar-refractivity contribution >= 4 is 34.6 Å². The number of aromatic hydroxyl groups is 1. The Morgan fingerprint density at radius 2 is 2.11 bits per heavy atom. The van der Waals surface area contributed by atoms with Crippen LogP contribution in [0.2, 0.25) is 0 Å². The minimum Gasteiger partial charge on any atom is -0.504 e. The number of nitrogens with zero attached hydrogens (tertiary/aromatic N) is 4. The Balaban J connectivity index is 1.80. The third kappa shape index (κ3) is 3.88. The number of thiazole rings is 1. The standard InChI is InChI=1S/C20H16N4O2S2/c1-26-18-10-14(6-7-17(18)25)11-22-24-16(19-5-3-9-27-19)13-28-20(24)23-15-4-2-8-21-12-15/h2-13,25H,1H3. The van der Waals surface area contributed by atoms with Crippen LogP contribution in [0.3, 0.4) is 0 Å². The van der Waals surface area contributed by atoms with Crippen molar-refractivity contribution in [2.24, 2.45) is 10.1 Å². The van der Waals surface area contributed by atoms with Crippen molar-refractivity contribution in [3.63, 3.8) is 0 Å². The predicted octanol–water partition coefficient (Wildman–Crippen LogP) is 4.50. The summed E-state index contributed by atoms with van der Waals surface area (Å²) >= 11 is 3.16. The van der Waals surface area contributed by atoms with Crippen LogP contribution in [0.15, 0.2) is 75.7 Å². The molecule has 0 aliphatic heterocycles. The van der Waals surface area contributed by atoms with Crippen molar-refractivity contribution in [2.45, 2.75) is 0 Å². The Morgan fingerprint density at radius 3 is 2.86 bits per heavy atom. The third-order valence-corrected chi connectivity index (χ3v) is 5.56. The summed E-state index contributed by atoms with van der Waals surface area (Å²) in [5.41, 5.74) is 2.53. The second-order valence-corrected chi connectivity index (χ2v) is 7.48. The Labute approximate surface area is 169 Å². The molecule has 6 nitrogen and oxygen atoms in total. The summed E-state index contributed by atoms with van der Waals surface area (Å²) in [4.78, 5) is 10.6. The van der Waals surface area contributed by atoms with Crippen LogP contribution in [0.4, 0.5) is 5.69 Å². The number of hydrogen-bond donors (Lipinski definition) is 1. The van der Waals surface area contributed by atoms with E-state index in [-0.39, 0.29) is 5.75 Å². The molecule has 0 aliphatic carbocycles. The number of phenols is 1. The van der Waals surface area contributed by atoms with Gasteiger partial charge in [-0.1, -0.05) is 6.07 Å². The topological polar surface area (TPSA) is 72.0 Å². The first kappa shape index (κ1) is 18.1. The molecule has 0 radical (unpaired) electrons. The van der Waals surface area contributed by atoms with Gasteiger partial charge < -0.3 is 9.84 Å². The Bertz CT molecular complexity index is 1160. The van der Waals surface area contributed by atoms with Crippen LogP contribution in [-0.4, -0.2) is 28.1 Å². The summed E-state index contributed by atoms with van der Waals surface area (Å²) in [7, 11) is 1.52. The predicted molar refractivity (Wildman–Crippen MR) is 113 cm³/mol. The molecule has 0 atom stereocenters. The lowest BCUT2D eigenvalue weighted by atomic mass is 10.2. The molecule has 0 saturated heterocycles. The highest BCUT2D eigenvalue weighted by Gasteiger charge is 2.09. The second-order valence-electron chi connectivity index (χ2n) is 5.69. The SMILES string of the molecule is COc1cc(C=Nn2c(-c3cccs3)csc2=Nc2cccnc2)ccc1O. The van der Waals surface area contributed by atoms with Crippen LogP contribution < -0.4 is 9.54 Å². The maximum Gasteiger partial charge on any atom is 0.211 e. The van der Waals surface area contributed by atoms with E-state index in [4.69, 9.17) is 4.74 Å². The van der Waals surface area contributed by atoms with Gasteiger partial charge >= 0.3 is 0 Å². The van der Waals surface area contributed by atoms with E-state index in [1.807, 2.05) is 33.6 Å². The van der Waals surface area contributed by atoms with Crippen molar-refractivity contribution in [1.82, 2.24) is 9.66 Å². The van der Waals surface area contributed by atoms with E-state index in [2.05, 4.69) is 21.1 Å². The van der Waals surface area contributed by atoms with Crippen LogP contribution in [0.5, 0.6) is 11.5 Å². The summed E-state index contributed by atoms with van der Waals surface area (Å²) in [6.45, 7) is 0. The molecule has 0 bridgehead atoms. The first-order chi connectivity index (χ1) is 13.7. The highest BCUT2D eigenvalue weighted by molar-refractivity contribution is 7.14. The van der Waals surface area contributed by atoms with Crippen LogP contribution in [0.1, 0.15) is 5.56 Å². The Morgan fingerprint density at radius 1 is 1.18 bits per heavy atom. The molecule has 0 aliphatic rings. The lowest BCUT2D eigenvalue weighted by molar-refractivity contribution is 0.373. The fourth-order valence-electron chi connectivity index (χ4n) is 2.51. The van der Waals surface area contributed by atoms with Gasteiger partial charge in [-0.3, -0.25) is 4.98 Å². The average Bonchev–Trinajstić information content (AvgIpc) is 3.38. The molecule has 1 aromatic carbocycles. The van der Waals surface area contributed by atoms with Crippen LogP contribution >= 0.6 is 22.7 Å². The summed E-state index contributed by atoms with van der Waals surface area (Å²) in [6, 6.07) is 12.9. The molecular weight excluding hydrogens is 392 g/mol. The van der Waals surface area contributed by atoms with Gasteiger partial charge in [-0.15, -0.1) is 22.7 Å². The number of benzene rings is 1. The van der Waals surface area contributed by atoms with Crippen LogP contribution in [0, 0.1) is 0 Å². The van der Waals surface area contributed by atoms with Crippen molar-refractivity contribution < 1.29 is 9.84 Å². The minimum absolute atomic E-state index is 0.0920. The van der Waals surface area contributed by atoms with E-state index < -0.39 is 0 Å². The van der Waals surface area contributed by atoms with Gasteiger partial charge in [-0.05, 0) is 47.3 Å². The number of aromatic nitrogens is 2. The van der Waals surface area contributed by atoms with Gasteiger partial charge in [0.2, 0.25) is 4.80 Å². The molecule has 0 saturated carbocycles. The zero-order chi connectivity index (χ0) is 19.3. The number of thiophene rings is 1. The molecular formula is C20H16N4O2S2. The van der Waals surface area contributed by atoms with E-state index in [0.29, 0.717) is 5.75 Å². The molecule has 1 N–H and O–H groups in total. The average molecular weight is 409 g/mol. The second kappa shape index (κ2) is 8.20. The van der Waals surface area contributed by atoms with E-state index in [9.17, 15) is 5.11 Å². The summed E-state index contributed by atoms with van der Waals surface area (Å²) in [5.74, 6) is 0.493. The van der Waals surface area contributed by atoms with E-state index in [1.165, 1.54) is 18.4 Å². The first-order valence-electron chi connectivity index (χ1n) is 8.35. The van der Waals surface area contributed by atoms with Crippen molar-refractivity contribution in [3.8, 4) is 22.1 Å². The zero-order valence-electron chi connectivity index (χ0n) is 14.9. The normalized spacial score (nSPS) is 12.0. The molecule has 0 fully saturated rings. The number of ether oxygens (including phenoxy) is 1. The van der Waals surface area contributed by atoms with Gasteiger partial charge in [0.25, 0.3) is 0 Å². The maximum absolute atomic E-state index is 9.77. The first-order valence-corrected chi connectivity index (χ1v) is 10.1. The highest BCUT2D eigenvalue weighted by atomic mass is 32.1. The van der Waals surface area contributed by atoms with Crippen molar-refractivity contribution in [1.29, 1.82) is 0 Å². The minimum atomic E-state index is 0.0920. The summed E-state index contributed by atoms with van der Waals surface area (Å²) in [5, 5.41) is 18.5. The number of pyridine rings is 1.